The fourth-order valence-corrected chi connectivity index (χ4v) is 2.70. The van der Waals surface area contributed by atoms with Crippen LogP contribution in [0.1, 0.15) is 37.8 Å². The van der Waals surface area contributed by atoms with Crippen LogP contribution in [0.5, 0.6) is 0 Å². The molecule has 0 aliphatic rings. The molecule has 1 unspecified atom stereocenters. The molecule has 0 aliphatic heterocycles. The van der Waals surface area contributed by atoms with Gasteiger partial charge in [0.2, 0.25) is 5.54 Å². The Hall–Kier alpha value is -2.66. The zero-order valence-electron chi connectivity index (χ0n) is 14.6. The number of hydrogen-bond acceptors (Lipinski definition) is 4. The number of nitrogens with two attached hydrogens (primary N) is 1. The fourth-order valence-electron chi connectivity index (χ4n) is 2.70. The van der Waals surface area contributed by atoms with E-state index in [1.165, 1.54) is 0 Å². The number of esters is 1. The normalized spacial score (nSPS) is 14.0. The van der Waals surface area contributed by atoms with E-state index in [0.29, 0.717) is 11.1 Å². The molecule has 0 spiro atoms. The van der Waals surface area contributed by atoms with Crippen molar-refractivity contribution in [3.8, 4) is 0 Å². The van der Waals surface area contributed by atoms with Crippen LogP contribution in [-0.2, 0) is 14.3 Å². The molecule has 132 valence electrons. The van der Waals surface area contributed by atoms with Crippen molar-refractivity contribution >= 4 is 11.9 Å². The van der Waals surface area contributed by atoms with Crippen LogP contribution in [0.25, 0.3) is 0 Å². The lowest BCUT2D eigenvalue weighted by Crippen LogP contribution is -2.61. The molecule has 0 heterocycles. The molecule has 0 radical (unpaired) electrons. The number of carboxylic acids is 1. The van der Waals surface area contributed by atoms with Gasteiger partial charge in [0, 0.05) is 5.92 Å². The minimum Gasteiger partial charge on any atom is -0.479 e. The highest BCUT2D eigenvalue weighted by atomic mass is 16.6. The number of aliphatic carboxylic acids is 1. The van der Waals surface area contributed by atoms with Gasteiger partial charge in [-0.15, -0.1) is 0 Å². The van der Waals surface area contributed by atoms with Crippen LogP contribution in [0, 0.1) is 0 Å². The summed E-state index contributed by atoms with van der Waals surface area (Å²) >= 11 is 0. The van der Waals surface area contributed by atoms with Gasteiger partial charge in [-0.3, -0.25) is 0 Å². The van der Waals surface area contributed by atoms with E-state index in [1.54, 1.807) is 69.3 Å². The topological polar surface area (TPSA) is 89.6 Å². The molecule has 5 heteroatoms. The van der Waals surface area contributed by atoms with Gasteiger partial charge in [0.15, 0.2) is 0 Å². The Bertz CT molecular complexity index is 698. The molecule has 2 aromatic carbocycles. The van der Waals surface area contributed by atoms with E-state index in [4.69, 9.17) is 10.5 Å². The van der Waals surface area contributed by atoms with Crippen LogP contribution in [0.4, 0.5) is 0 Å². The first-order valence-corrected chi connectivity index (χ1v) is 8.02. The quantitative estimate of drug-likeness (QED) is 0.645. The number of benzene rings is 2. The van der Waals surface area contributed by atoms with E-state index < -0.39 is 29.0 Å². The molecule has 0 saturated heterocycles. The van der Waals surface area contributed by atoms with Crippen LogP contribution < -0.4 is 5.73 Å². The summed E-state index contributed by atoms with van der Waals surface area (Å²) < 4.78 is 5.34. The number of rotatable bonds is 5. The van der Waals surface area contributed by atoms with Crippen molar-refractivity contribution in [2.45, 2.75) is 37.8 Å². The Kier molecular flexibility index (Phi) is 5.28. The van der Waals surface area contributed by atoms with Gasteiger partial charge >= 0.3 is 11.9 Å². The third kappa shape index (κ3) is 4.06. The van der Waals surface area contributed by atoms with Crippen molar-refractivity contribution in [2.75, 3.05) is 0 Å². The van der Waals surface area contributed by atoms with E-state index in [-0.39, 0.29) is 0 Å². The first-order chi connectivity index (χ1) is 11.7. The lowest BCUT2D eigenvalue weighted by molar-refractivity contribution is -0.169. The van der Waals surface area contributed by atoms with Gasteiger partial charge in [-0.05, 0) is 31.9 Å². The second kappa shape index (κ2) is 7.07. The van der Waals surface area contributed by atoms with Crippen LogP contribution in [-0.4, -0.2) is 28.2 Å². The maximum atomic E-state index is 12.8. The summed E-state index contributed by atoms with van der Waals surface area (Å²) in [7, 11) is 0. The van der Waals surface area contributed by atoms with Gasteiger partial charge in [-0.25, -0.2) is 9.59 Å². The second-order valence-electron chi connectivity index (χ2n) is 6.93. The molecule has 0 amide bonds. The molecule has 3 N–H and O–H groups in total. The first kappa shape index (κ1) is 18.7. The van der Waals surface area contributed by atoms with E-state index >= 15 is 0 Å². The van der Waals surface area contributed by atoms with E-state index in [0.717, 1.165) is 0 Å². The molecule has 2 rings (SSSR count). The minimum absolute atomic E-state index is 0.629. The number of carboxylic acid groups (broad SMARTS) is 1. The van der Waals surface area contributed by atoms with Gasteiger partial charge in [-0.2, -0.15) is 0 Å². The summed E-state index contributed by atoms with van der Waals surface area (Å²) in [5.41, 5.74) is 4.38. The maximum absolute atomic E-state index is 12.8. The highest BCUT2D eigenvalue weighted by molar-refractivity contribution is 6.06. The molecule has 5 nitrogen and oxygen atoms in total. The fraction of sp³-hybridized carbons (Fsp3) is 0.300. The van der Waals surface area contributed by atoms with Gasteiger partial charge < -0.3 is 15.6 Å². The predicted octanol–water partition coefficient (Wildman–Crippen LogP) is 2.94. The highest BCUT2D eigenvalue weighted by Gasteiger charge is 2.53. The van der Waals surface area contributed by atoms with Crippen LogP contribution in [0.2, 0.25) is 0 Å². The standard InChI is InChI=1S/C20H23NO4/c1-19(2,3)25-18(24)20(21,17(22)23)16(14-10-6-4-7-11-14)15-12-8-5-9-13-15/h4-13,16H,21H2,1-3H3,(H,22,23). The average Bonchev–Trinajstić information content (AvgIpc) is 2.55. The molecule has 0 aromatic heterocycles. The highest BCUT2D eigenvalue weighted by Crippen LogP contribution is 2.35. The number of carbonyl (C=O) groups excluding carboxylic acids is 1. The molecule has 2 aromatic rings. The summed E-state index contributed by atoms with van der Waals surface area (Å²) in [4.78, 5) is 24.9. The Morgan fingerprint density at radius 1 is 0.920 bits per heavy atom. The van der Waals surface area contributed by atoms with Crippen LogP contribution >= 0.6 is 0 Å². The van der Waals surface area contributed by atoms with Crippen molar-refractivity contribution in [3.05, 3.63) is 71.8 Å². The summed E-state index contributed by atoms with van der Waals surface area (Å²) in [6, 6.07) is 17.8. The molecule has 0 fully saturated rings. The van der Waals surface area contributed by atoms with E-state index in [1.807, 2.05) is 12.1 Å². The molecule has 25 heavy (non-hydrogen) atoms. The molecular formula is C20H23NO4. The van der Waals surface area contributed by atoms with Gasteiger partial charge in [0.1, 0.15) is 5.60 Å². The van der Waals surface area contributed by atoms with E-state index in [9.17, 15) is 14.7 Å². The molecule has 1 atom stereocenters. The van der Waals surface area contributed by atoms with E-state index in [2.05, 4.69) is 0 Å². The summed E-state index contributed by atoms with van der Waals surface area (Å²) in [5, 5.41) is 9.87. The smallest absolute Gasteiger partial charge is 0.339 e. The largest absolute Gasteiger partial charge is 0.479 e. The van der Waals surface area contributed by atoms with Crippen molar-refractivity contribution in [3.63, 3.8) is 0 Å². The van der Waals surface area contributed by atoms with Crippen LogP contribution in [0.15, 0.2) is 60.7 Å². The monoisotopic (exact) mass is 341 g/mol. The Balaban J connectivity index is 2.63. The predicted molar refractivity (Wildman–Crippen MR) is 95.1 cm³/mol. The molecular weight excluding hydrogens is 318 g/mol. The number of ether oxygens (including phenoxy) is 1. The molecule has 0 aliphatic carbocycles. The Morgan fingerprint density at radius 2 is 1.32 bits per heavy atom. The third-order valence-corrected chi connectivity index (χ3v) is 3.81. The summed E-state index contributed by atoms with van der Waals surface area (Å²) in [5.74, 6) is -3.29. The Morgan fingerprint density at radius 3 is 1.64 bits per heavy atom. The number of carbonyl (C=O) groups is 2. The zero-order valence-corrected chi connectivity index (χ0v) is 14.6. The van der Waals surface area contributed by atoms with Gasteiger partial charge in [0.25, 0.3) is 0 Å². The van der Waals surface area contributed by atoms with Crippen molar-refractivity contribution in [1.82, 2.24) is 0 Å². The summed E-state index contributed by atoms with van der Waals surface area (Å²) in [6.45, 7) is 5.02. The third-order valence-electron chi connectivity index (χ3n) is 3.81. The van der Waals surface area contributed by atoms with Crippen molar-refractivity contribution < 1.29 is 19.4 Å². The maximum Gasteiger partial charge on any atom is 0.339 e. The molecule has 0 saturated carbocycles. The second-order valence-corrected chi connectivity index (χ2v) is 6.93. The lowest BCUT2D eigenvalue weighted by atomic mass is 9.75. The lowest BCUT2D eigenvalue weighted by Gasteiger charge is -2.34. The first-order valence-electron chi connectivity index (χ1n) is 8.02. The van der Waals surface area contributed by atoms with Gasteiger partial charge in [-0.1, -0.05) is 60.7 Å². The minimum atomic E-state index is -2.25. The SMILES string of the molecule is CC(C)(C)OC(=O)C(N)(C(=O)O)C(c1ccccc1)c1ccccc1. The molecule has 0 bridgehead atoms. The summed E-state index contributed by atoms with van der Waals surface area (Å²) in [6.07, 6.45) is 0. The zero-order chi connectivity index (χ0) is 18.7. The average molecular weight is 341 g/mol. The Labute approximate surface area is 147 Å². The van der Waals surface area contributed by atoms with Crippen LogP contribution in [0.3, 0.4) is 0 Å². The van der Waals surface area contributed by atoms with Gasteiger partial charge in [0.05, 0.1) is 0 Å². The van der Waals surface area contributed by atoms with Crippen molar-refractivity contribution in [2.24, 2.45) is 5.73 Å². The van der Waals surface area contributed by atoms with Crippen molar-refractivity contribution in [1.29, 1.82) is 0 Å². The number of hydrogen-bond donors (Lipinski definition) is 2.